The van der Waals surface area contributed by atoms with Crippen LogP contribution in [0.25, 0.3) is 0 Å². The van der Waals surface area contributed by atoms with Gasteiger partial charge in [-0.25, -0.2) is 0 Å². The maximum atomic E-state index is 12.2. The number of rotatable bonds is 5. The molecule has 0 saturated heterocycles. The first-order chi connectivity index (χ1) is 7.81. The van der Waals surface area contributed by atoms with Crippen LogP contribution in [0.2, 0.25) is 0 Å². The van der Waals surface area contributed by atoms with E-state index in [0.29, 0.717) is 17.9 Å². The fourth-order valence-corrected chi connectivity index (χ4v) is 3.26. The molecular weight excluding hydrogens is 266 g/mol. The van der Waals surface area contributed by atoms with Crippen molar-refractivity contribution in [1.29, 1.82) is 0 Å². The van der Waals surface area contributed by atoms with Crippen LogP contribution in [0, 0.1) is 5.92 Å². The summed E-state index contributed by atoms with van der Waals surface area (Å²) in [5.41, 5.74) is 0. The van der Waals surface area contributed by atoms with Crippen molar-refractivity contribution in [1.82, 2.24) is 4.90 Å². The van der Waals surface area contributed by atoms with Crippen LogP contribution in [0.5, 0.6) is 0 Å². The molecule has 0 atom stereocenters. The molecule has 3 heteroatoms. The number of alkyl halides is 1. The van der Waals surface area contributed by atoms with E-state index in [2.05, 4.69) is 20.8 Å². The summed E-state index contributed by atoms with van der Waals surface area (Å²) in [6.07, 6.45) is 9.78. The molecule has 2 aliphatic rings. The molecule has 2 aliphatic carbocycles. The number of hydrogen-bond acceptors (Lipinski definition) is 1. The third-order valence-corrected chi connectivity index (χ3v) is 4.45. The molecule has 0 unspecified atom stereocenters. The number of halogens is 1. The minimum Gasteiger partial charge on any atom is -0.339 e. The highest BCUT2D eigenvalue weighted by Crippen LogP contribution is 2.30. The maximum Gasteiger partial charge on any atom is 0.223 e. The summed E-state index contributed by atoms with van der Waals surface area (Å²) in [6, 6.07) is 0.562. The van der Waals surface area contributed by atoms with Gasteiger partial charge < -0.3 is 4.90 Å². The molecule has 0 N–H and O–H groups in total. The van der Waals surface area contributed by atoms with Crippen molar-refractivity contribution < 1.29 is 4.79 Å². The van der Waals surface area contributed by atoms with Gasteiger partial charge in [-0.2, -0.15) is 0 Å². The Labute approximate surface area is 107 Å². The average molecular weight is 288 g/mol. The minimum absolute atomic E-state index is 0.413. The van der Waals surface area contributed by atoms with Gasteiger partial charge in [-0.15, -0.1) is 0 Å². The maximum absolute atomic E-state index is 12.2. The molecule has 0 aromatic rings. The van der Waals surface area contributed by atoms with E-state index in [0.717, 1.165) is 18.3 Å². The van der Waals surface area contributed by atoms with Crippen LogP contribution in [0.15, 0.2) is 0 Å². The van der Waals surface area contributed by atoms with Gasteiger partial charge in [-0.3, -0.25) is 4.79 Å². The topological polar surface area (TPSA) is 20.3 Å². The van der Waals surface area contributed by atoms with Crippen LogP contribution < -0.4 is 0 Å². The zero-order valence-electron chi connectivity index (χ0n) is 9.96. The van der Waals surface area contributed by atoms with E-state index in [1.165, 1.54) is 44.9 Å². The molecular formula is C13H22BrNO. The van der Waals surface area contributed by atoms with Gasteiger partial charge in [0.25, 0.3) is 0 Å². The average Bonchev–Trinajstić information content (AvgIpc) is 2.67. The molecule has 0 spiro atoms. The second-order valence-corrected chi connectivity index (χ2v) is 6.01. The van der Waals surface area contributed by atoms with Crippen LogP contribution >= 0.6 is 15.9 Å². The smallest absolute Gasteiger partial charge is 0.223 e. The van der Waals surface area contributed by atoms with Crippen molar-refractivity contribution in [2.75, 3.05) is 11.9 Å². The molecule has 0 aliphatic heterocycles. The fraction of sp³-hybridized carbons (Fsp3) is 0.923. The Hall–Kier alpha value is -0.0500. The van der Waals surface area contributed by atoms with Crippen LogP contribution in [-0.2, 0) is 4.79 Å². The van der Waals surface area contributed by atoms with Gasteiger partial charge in [0.2, 0.25) is 5.91 Å². The van der Waals surface area contributed by atoms with Gasteiger partial charge in [0.05, 0.1) is 0 Å². The van der Waals surface area contributed by atoms with E-state index in [9.17, 15) is 4.79 Å². The molecule has 2 nitrogen and oxygen atoms in total. The lowest BCUT2D eigenvalue weighted by atomic mass is 9.90. The molecule has 0 radical (unpaired) electrons. The first-order valence-corrected chi connectivity index (χ1v) is 7.79. The number of carbonyl (C=O) groups is 1. The second-order valence-electron chi connectivity index (χ2n) is 5.22. The quantitative estimate of drug-likeness (QED) is 0.710. The molecule has 2 fully saturated rings. The van der Waals surface area contributed by atoms with Gasteiger partial charge in [0.15, 0.2) is 0 Å². The summed E-state index contributed by atoms with van der Waals surface area (Å²) in [4.78, 5) is 14.4. The first-order valence-electron chi connectivity index (χ1n) is 6.66. The van der Waals surface area contributed by atoms with E-state index < -0.39 is 0 Å². The van der Waals surface area contributed by atoms with Crippen LogP contribution in [0.3, 0.4) is 0 Å². The molecule has 1 amide bonds. The molecule has 2 saturated carbocycles. The summed E-state index contributed by atoms with van der Waals surface area (Å²) in [5, 5.41) is 0.917. The summed E-state index contributed by atoms with van der Waals surface area (Å²) in [5.74, 6) is 1.10. The van der Waals surface area contributed by atoms with Gasteiger partial charge in [0, 0.05) is 24.3 Å². The summed E-state index contributed by atoms with van der Waals surface area (Å²) < 4.78 is 0. The van der Waals surface area contributed by atoms with Crippen LogP contribution in [0.1, 0.15) is 51.4 Å². The lowest BCUT2D eigenvalue weighted by Gasteiger charge is -2.38. The molecule has 0 aromatic carbocycles. The van der Waals surface area contributed by atoms with Crippen molar-refractivity contribution in [2.24, 2.45) is 5.92 Å². The van der Waals surface area contributed by atoms with E-state index in [1.807, 2.05) is 0 Å². The van der Waals surface area contributed by atoms with Gasteiger partial charge in [-0.1, -0.05) is 28.8 Å². The molecule has 2 rings (SSSR count). The highest BCUT2D eigenvalue weighted by molar-refractivity contribution is 9.09. The largest absolute Gasteiger partial charge is 0.339 e. The lowest BCUT2D eigenvalue weighted by Crippen LogP contribution is -2.45. The highest BCUT2D eigenvalue weighted by atomic mass is 79.9. The van der Waals surface area contributed by atoms with Gasteiger partial charge in [-0.05, 0) is 38.0 Å². The van der Waals surface area contributed by atoms with E-state index in [1.54, 1.807) is 0 Å². The Bertz CT molecular complexity index is 234. The van der Waals surface area contributed by atoms with Crippen LogP contribution in [-0.4, -0.2) is 28.7 Å². The van der Waals surface area contributed by atoms with E-state index >= 15 is 0 Å². The Morgan fingerprint density at radius 2 is 1.81 bits per heavy atom. The van der Waals surface area contributed by atoms with Crippen molar-refractivity contribution in [2.45, 2.75) is 57.4 Å². The molecule has 0 bridgehead atoms. The minimum atomic E-state index is 0.413. The number of hydrogen-bond donors (Lipinski definition) is 0. The van der Waals surface area contributed by atoms with Crippen molar-refractivity contribution >= 4 is 21.8 Å². The van der Waals surface area contributed by atoms with Gasteiger partial charge >= 0.3 is 0 Å². The molecule has 0 heterocycles. The standard InChI is InChI=1S/C13H22BrNO/c14-8-9-15(12-6-3-7-12)13(16)10-11-4-1-2-5-11/h11-12H,1-10H2. The first kappa shape index (κ1) is 12.4. The third-order valence-electron chi connectivity index (χ3n) is 4.10. The van der Waals surface area contributed by atoms with Crippen molar-refractivity contribution in [3.8, 4) is 0 Å². The Morgan fingerprint density at radius 1 is 1.12 bits per heavy atom. The third kappa shape index (κ3) is 2.99. The highest BCUT2D eigenvalue weighted by Gasteiger charge is 2.29. The predicted octanol–water partition coefficient (Wildman–Crippen LogP) is 3.34. The lowest BCUT2D eigenvalue weighted by molar-refractivity contribution is -0.135. The Morgan fingerprint density at radius 3 is 2.31 bits per heavy atom. The Balaban J connectivity index is 1.82. The zero-order chi connectivity index (χ0) is 11.4. The van der Waals surface area contributed by atoms with Crippen molar-refractivity contribution in [3.63, 3.8) is 0 Å². The number of nitrogens with zero attached hydrogens (tertiary/aromatic N) is 1. The normalized spacial score (nSPS) is 22.1. The molecule has 0 aromatic heterocycles. The van der Waals surface area contributed by atoms with Crippen LogP contribution in [0.4, 0.5) is 0 Å². The van der Waals surface area contributed by atoms with Gasteiger partial charge in [0.1, 0.15) is 0 Å². The fourth-order valence-electron chi connectivity index (χ4n) is 2.88. The number of amides is 1. The van der Waals surface area contributed by atoms with E-state index in [4.69, 9.17) is 0 Å². The zero-order valence-corrected chi connectivity index (χ0v) is 11.5. The summed E-state index contributed by atoms with van der Waals surface area (Å²) in [6.45, 7) is 0.899. The molecule has 92 valence electrons. The number of carbonyl (C=O) groups excluding carboxylic acids is 1. The van der Waals surface area contributed by atoms with Crippen molar-refractivity contribution in [3.05, 3.63) is 0 Å². The Kier molecular flexibility index (Phi) is 4.68. The monoisotopic (exact) mass is 287 g/mol. The SMILES string of the molecule is O=C(CC1CCCC1)N(CCBr)C1CCC1. The predicted molar refractivity (Wildman–Crippen MR) is 69.7 cm³/mol. The summed E-state index contributed by atoms with van der Waals surface area (Å²) in [7, 11) is 0. The molecule has 16 heavy (non-hydrogen) atoms. The van der Waals surface area contributed by atoms with E-state index in [-0.39, 0.29) is 0 Å². The second kappa shape index (κ2) is 6.04. The summed E-state index contributed by atoms with van der Waals surface area (Å²) >= 11 is 3.46.